The van der Waals surface area contributed by atoms with Gasteiger partial charge in [0.1, 0.15) is 10.9 Å². The highest BCUT2D eigenvalue weighted by atomic mass is 35.6. The van der Waals surface area contributed by atoms with E-state index in [9.17, 15) is 0 Å². The van der Waals surface area contributed by atoms with E-state index >= 15 is 0 Å². The molecule has 0 fully saturated rings. The van der Waals surface area contributed by atoms with Crippen LogP contribution in [0, 0.1) is 0 Å². The SMILES string of the molecule is Clc1cc(OC(Cl)(Cl)Cl)ccn1. The largest absolute Gasteiger partial charge is 0.445 e. The summed E-state index contributed by atoms with van der Waals surface area (Å²) in [5.74, 6) is 0.356. The summed E-state index contributed by atoms with van der Waals surface area (Å²) in [5, 5.41) is 0.279. The smallest absolute Gasteiger partial charge is 0.338 e. The second-order valence-corrected chi connectivity index (χ2v) is 4.43. The Kier molecular flexibility index (Phi) is 3.29. The van der Waals surface area contributed by atoms with Crippen molar-refractivity contribution in [3.8, 4) is 5.75 Å². The fourth-order valence-corrected chi connectivity index (χ4v) is 1.01. The lowest BCUT2D eigenvalue weighted by atomic mass is 10.5. The van der Waals surface area contributed by atoms with Crippen molar-refractivity contribution >= 4 is 46.4 Å². The predicted octanol–water partition coefficient (Wildman–Crippen LogP) is 3.44. The molecular formula is C6H3Cl4NO. The molecule has 66 valence electrons. The monoisotopic (exact) mass is 245 g/mol. The van der Waals surface area contributed by atoms with Gasteiger partial charge in [0, 0.05) is 12.3 Å². The van der Waals surface area contributed by atoms with Crippen LogP contribution in [0.3, 0.4) is 0 Å². The van der Waals surface area contributed by atoms with Crippen LogP contribution in [-0.2, 0) is 0 Å². The number of rotatable bonds is 1. The number of alkyl halides is 3. The van der Waals surface area contributed by atoms with Crippen molar-refractivity contribution in [2.24, 2.45) is 0 Å². The zero-order chi connectivity index (χ0) is 9.19. The average Bonchev–Trinajstić information content (AvgIpc) is 1.82. The van der Waals surface area contributed by atoms with Crippen LogP contribution in [-0.4, -0.2) is 8.96 Å². The number of halogens is 4. The number of aromatic nitrogens is 1. The molecule has 0 aliphatic heterocycles. The first-order chi connectivity index (χ1) is 5.47. The molecule has 1 heterocycles. The molecule has 0 amide bonds. The molecule has 2 nitrogen and oxygen atoms in total. The van der Waals surface area contributed by atoms with Crippen LogP contribution in [0.5, 0.6) is 5.75 Å². The van der Waals surface area contributed by atoms with Gasteiger partial charge in [0.25, 0.3) is 0 Å². The van der Waals surface area contributed by atoms with Gasteiger partial charge in [-0.1, -0.05) is 11.6 Å². The Labute approximate surface area is 89.3 Å². The van der Waals surface area contributed by atoms with Gasteiger partial charge in [-0.25, -0.2) is 4.98 Å². The molecule has 0 unspecified atom stereocenters. The lowest BCUT2D eigenvalue weighted by Gasteiger charge is -2.12. The summed E-state index contributed by atoms with van der Waals surface area (Å²) in [6.45, 7) is 0. The number of nitrogens with zero attached hydrogens (tertiary/aromatic N) is 1. The molecule has 0 radical (unpaired) electrons. The van der Waals surface area contributed by atoms with E-state index in [0.29, 0.717) is 5.75 Å². The maximum absolute atomic E-state index is 5.55. The lowest BCUT2D eigenvalue weighted by molar-refractivity contribution is 0.320. The molecular weight excluding hydrogens is 244 g/mol. The fourth-order valence-electron chi connectivity index (χ4n) is 0.582. The summed E-state index contributed by atoms with van der Waals surface area (Å²) in [7, 11) is 0. The molecule has 1 rings (SSSR count). The Bertz CT molecular complexity index is 272. The minimum Gasteiger partial charge on any atom is -0.445 e. The Balaban J connectivity index is 2.77. The van der Waals surface area contributed by atoms with Crippen molar-refractivity contribution in [1.29, 1.82) is 0 Å². The summed E-state index contributed by atoms with van der Waals surface area (Å²) in [4.78, 5) is 3.73. The third kappa shape index (κ3) is 3.68. The van der Waals surface area contributed by atoms with E-state index in [1.165, 1.54) is 18.3 Å². The topological polar surface area (TPSA) is 22.1 Å². The standard InChI is InChI=1S/C6H3Cl4NO/c7-5-3-4(1-2-11-5)12-6(8,9)10/h1-3H. The van der Waals surface area contributed by atoms with Crippen LogP contribution in [0.1, 0.15) is 0 Å². The normalized spacial score (nSPS) is 11.3. The minimum absolute atomic E-state index is 0.279. The first-order valence-corrected chi connectivity index (χ1v) is 4.36. The van der Waals surface area contributed by atoms with E-state index in [0.717, 1.165) is 0 Å². The van der Waals surface area contributed by atoms with E-state index in [2.05, 4.69) is 4.98 Å². The van der Waals surface area contributed by atoms with Gasteiger partial charge >= 0.3 is 3.98 Å². The molecule has 0 bridgehead atoms. The van der Waals surface area contributed by atoms with Crippen LogP contribution >= 0.6 is 46.4 Å². The summed E-state index contributed by atoms with van der Waals surface area (Å²) >= 11 is 21.6. The minimum atomic E-state index is -1.77. The summed E-state index contributed by atoms with van der Waals surface area (Å²) in [6, 6.07) is 2.98. The van der Waals surface area contributed by atoms with Crippen LogP contribution in [0.25, 0.3) is 0 Å². The lowest BCUT2D eigenvalue weighted by Crippen LogP contribution is -2.12. The van der Waals surface area contributed by atoms with Gasteiger partial charge < -0.3 is 4.74 Å². The molecule has 1 aromatic heterocycles. The van der Waals surface area contributed by atoms with E-state index in [1.54, 1.807) is 0 Å². The summed E-state index contributed by atoms with van der Waals surface area (Å²) in [6.07, 6.45) is 1.45. The van der Waals surface area contributed by atoms with E-state index in [1.807, 2.05) is 0 Å². The molecule has 0 aromatic carbocycles. The molecule has 1 aromatic rings. The molecule has 0 spiro atoms. The van der Waals surface area contributed by atoms with Crippen molar-refractivity contribution in [2.75, 3.05) is 0 Å². The van der Waals surface area contributed by atoms with Gasteiger partial charge in [-0.3, -0.25) is 0 Å². The second-order valence-electron chi connectivity index (χ2n) is 1.86. The maximum Gasteiger partial charge on any atom is 0.338 e. The highest BCUT2D eigenvalue weighted by Crippen LogP contribution is 2.30. The van der Waals surface area contributed by atoms with Crippen molar-refractivity contribution in [1.82, 2.24) is 4.98 Å². The molecule has 0 saturated carbocycles. The molecule has 12 heavy (non-hydrogen) atoms. The first-order valence-electron chi connectivity index (χ1n) is 2.85. The number of hydrogen-bond donors (Lipinski definition) is 0. The van der Waals surface area contributed by atoms with Gasteiger partial charge in [-0.05, 0) is 40.9 Å². The summed E-state index contributed by atoms with van der Waals surface area (Å²) < 4.78 is 3.08. The van der Waals surface area contributed by atoms with Gasteiger partial charge in [0.15, 0.2) is 0 Å². The maximum atomic E-state index is 5.55. The van der Waals surface area contributed by atoms with Crippen molar-refractivity contribution in [3.05, 3.63) is 23.5 Å². The average molecular weight is 247 g/mol. The molecule has 6 heteroatoms. The highest BCUT2D eigenvalue weighted by molar-refractivity contribution is 6.66. The zero-order valence-electron chi connectivity index (χ0n) is 5.60. The van der Waals surface area contributed by atoms with Crippen LogP contribution in [0.2, 0.25) is 5.15 Å². The Morgan fingerprint density at radius 1 is 1.33 bits per heavy atom. The molecule has 0 aliphatic carbocycles. The third-order valence-corrected chi connectivity index (χ3v) is 1.37. The Morgan fingerprint density at radius 2 is 2.00 bits per heavy atom. The summed E-state index contributed by atoms with van der Waals surface area (Å²) in [5.41, 5.74) is 0. The quantitative estimate of drug-likeness (QED) is 0.560. The molecule has 0 atom stereocenters. The Hall–Kier alpha value is 0.110. The van der Waals surface area contributed by atoms with E-state index < -0.39 is 3.98 Å². The number of pyridine rings is 1. The van der Waals surface area contributed by atoms with Crippen molar-refractivity contribution in [2.45, 2.75) is 3.98 Å². The van der Waals surface area contributed by atoms with Gasteiger partial charge in [0.05, 0.1) is 0 Å². The third-order valence-electron chi connectivity index (χ3n) is 0.932. The van der Waals surface area contributed by atoms with Gasteiger partial charge in [0.2, 0.25) is 0 Å². The highest BCUT2D eigenvalue weighted by Gasteiger charge is 2.21. The number of hydrogen-bond acceptors (Lipinski definition) is 2. The van der Waals surface area contributed by atoms with Crippen molar-refractivity contribution in [3.63, 3.8) is 0 Å². The van der Waals surface area contributed by atoms with E-state index in [4.69, 9.17) is 51.1 Å². The fraction of sp³-hybridized carbons (Fsp3) is 0.167. The van der Waals surface area contributed by atoms with Crippen LogP contribution in [0.4, 0.5) is 0 Å². The molecule has 0 aliphatic rings. The van der Waals surface area contributed by atoms with E-state index in [-0.39, 0.29) is 5.15 Å². The van der Waals surface area contributed by atoms with Gasteiger partial charge in [-0.2, -0.15) is 0 Å². The number of ether oxygens (including phenoxy) is 1. The van der Waals surface area contributed by atoms with Crippen LogP contribution < -0.4 is 4.74 Å². The molecule has 0 saturated heterocycles. The molecule has 0 N–H and O–H groups in total. The van der Waals surface area contributed by atoms with Gasteiger partial charge in [-0.15, -0.1) is 0 Å². The zero-order valence-corrected chi connectivity index (χ0v) is 8.62. The predicted molar refractivity (Wildman–Crippen MR) is 50.2 cm³/mol. The second kappa shape index (κ2) is 3.88. The first kappa shape index (κ1) is 10.2. The van der Waals surface area contributed by atoms with Crippen molar-refractivity contribution < 1.29 is 4.74 Å². The Morgan fingerprint density at radius 3 is 2.50 bits per heavy atom. The van der Waals surface area contributed by atoms with Crippen LogP contribution in [0.15, 0.2) is 18.3 Å².